The molecule has 4 rings (SSSR count). The number of aromatic amines is 1. The molecule has 132 valence electrons. The number of halogens is 1. The molecular weight excluding hydrogens is 350 g/mol. The lowest BCUT2D eigenvalue weighted by Gasteiger charge is -2.26. The number of hydrogen-bond acceptors (Lipinski definition) is 3. The van der Waals surface area contributed by atoms with Crippen LogP contribution in [0.2, 0.25) is 5.02 Å². The highest BCUT2D eigenvalue weighted by Gasteiger charge is 2.42. The molecule has 0 spiro atoms. The van der Waals surface area contributed by atoms with Crippen molar-refractivity contribution in [3.63, 3.8) is 0 Å². The Morgan fingerprint density at radius 1 is 1.23 bits per heavy atom. The first-order valence-electron chi connectivity index (χ1n) is 8.55. The molecule has 26 heavy (non-hydrogen) atoms. The summed E-state index contributed by atoms with van der Waals surface area (Å²) in [4.78, 5) is 14.8. The molecule has 3 aromatic rings. The Balaban J connectivity index is 1.93. The van der Waals surface area contributed by atoms with Crippen LogP contribution in [-0.4, -0.2) is 32.7 Å². The van der Waals surface area contributed by atoms with E-state index in [-0.39, 0.29) is 17.7 Å². The molecule has 0 fully saturated rings. The van der Waals surface area contributed by atoms with Crippen molar-refractivity contribution in [1.82, 2.24) is 15.1 Å². The van der Waals surface area contributed by atoms with Gasteiger partial charge < -0.3 is 10.0 Å². The second-order valence-electron chi connectivity index (χ2n) is 6.33. The van der Waals surface area contributed by atoms with E-state index in [1.54, 1.807) is 18.2 Å². The van der Waals surface area contributed by atoms with E-state index in [4.69, 9.17) is 11.6 Å². The average molecular weight is 368 g/mol. The fraction of sp³-hybridized carbons (Fsp3) is 0.200. The van der Waals surface area contributed by atoms with E-state index in [2.05, 4.69) is 10.2 Å². The van der Waals surface area contributed by atoms with Gasteiger partial charge in [0.15, 0.2) is 0 Å². The molecule has 0 saturated carbocycles. The van der Waals surface area contributed by atoms with Gasteiger partial charge in [0.2, 0.25) is 0 Å². The smallest absolute Gasteiger partial charge is 0.273 e. The topological polar surface area (TPSA) is 69.2 Å². The molecule has 1 aliphatic rings. The highest BCUT2D eigenvalue weighted by molar-refractivity contribution is 6.30. The summed E-state index contributed by atoms with van der Waals surface area (Å²) in [5.74, 6) is 0.0500. The van der Waals surface area contributed by atoms with E-state index in [0.717, 1.165) is 17.5 Å². The minimum absolute atomic E-state index is 0.0824. The Morgan fingerprint density at radius 2 is 2.04 bits per heavy atom. The maximum atomic E-state index is 12.9. The number of nitrogens with zero attached hydrogens (tertiary/aromatic N) is 2. The van der Waals surface area contributed by atoms with Crippen LogP contribution in [0.4, 0.5) is 0 Å². The van der Waals surface area contributed by atoms with E-state index in [9.17, 15) is 9.90 Å². The lowest BCUT2D eigenvalue weighted by molar-refractivity contribution is 0.0744. The number of aromatic hydroxyl groups is 1. The number of phenolic OH excluding ortho intramolecular Hbond substituents is 1. The van der Waals surface area contributed by atoms with Crippen molar-refractivity contribution in [2.45, 2.75) is 19.4 Å². The van der Waals surface area contributed by atoms with Crippen molar-refractivity contribution in [2.24, 2.45) is 0 Å². The Kier molecular flexibility index (Phi) is 4.17. The van der Waals surface area contributed by atoms with Crippen LogP contribution in [0.15, 0.2) is 48.5 Å². The second-order valence-corrected chi connectivity index (χ2v) is 6.77. The number of aromatic nitrogens is 2. The first kappa shape index (κ1) is 16.7. The highest BCUT2D eigenvalue weighted by Crippen LogP contribution is 2.44. The van der Waals surface area contributed by atoms with Crippen LogP contribution >= 0.6 is 11.6 Å². The third kappa shape index (κ3) is 2.56. The molecule has 2 aromatic carbocycles. The zero-order chi connectivity index (χ0) is 18.3. The molecule has 0 unspecified atom stereocenters. The van der Waals surface area contributed by atoms with E-state index in [1.807, 2.05) is 42.2 Å². The van der Waals surface area contributed by atoms with Gasteiger partial charge in [-0.1, -0.05) is 42.8 Å². The average Bonchev–Trinajstić information content (AvgIpc) is 3.16. The number of nitrogens with one attached hydrogen (secondary N) is 1. The van der Waals surface area contributed by atoms with Gasteiger partial charge in [-0.25, -0.2) is 0 Å². The third-order valence-electron chi connectivity index (χ3n) is 4.65. The van der Waals surface area contributed by atoms with Crippen LogP contribution in [0.25, 0.3) is 11.3 Å². The molecule has 0 saturated heterocycles. The van der Waals surface area contributed by atoms with E-state index >= 15 is 0 Å². The standard InChI is InChI=1S/C20H18ClN3O2/c1-2-10-24-19(12-6-5-7-13(21)11-12)16-17(22-23-18(16)20(24)26)14-8-3-4-9-15(14)25/h3-9,11,19,25H,2,10H2,1H3,(H,22,23)/t19-/m0/s1. The van der Waals surface area contributed by atoms with Crippen molar-refractivity contribution in [3.05, 3.63) is 70.4 Å². The largest absolute Gasteiger partial charge is 0.507 e. The number of phenols is 1. The van der Waals surface area contributed by atoms with Crippen LogP contribution in [0.1, 0.15) is 41.0 Å². The highest BCUT2D eigenvalue weighted by atomic mass is 35.5. The number of hydrogen-bond donors (Lipinski definition) is 2. The Labute approximate surface area is 156 Å². The molecule has 1 aromatic heterocycles. The molecule has 2 N–H and O–H groups in total. The van der Waals surface area contributed by atoms with Gasteiger partial charge in [-0.3, -0.25) is 9.89 Å². The summed E-state index contributed by atoms with van der Waals surface area (Å²) in [5.41, 5.74) is 3.38. The molecule has 2 heterocycles. The lowest BCUT2D eigenvalue weighted by atomic mass is 9.95. The first-order chi connectivity index (χ1) is 12.6. The maximum absolute atomic E-state index is 12.9. The predicted molar refractivity (Wildman–Crippen MR) is 100 cm³/mol. The van der Waals surface area contributed by atoms with Crippen molar-refractivity contribution >= 4 is 17.5 Å². The molecule has 6 heteroatoms. The Bertz CT molecular complexity index is 983. The van der Waals surface area contributed by atoms with Crippen LogP contribution in [-0.2, 0) is 0 Å². The summed E-state index contributed by atoms with van der Waals surface area (Å²) >= 11 is 6.20. The third-order valence-corrected chi connectivity index (χ3v) is 4.89. The number of carbonyl (C=O) groups is 1. The number of amides is 1. The molecule has 1 atom stereocenters. The van der Waals surface area contributed by atoms with Crippen LogP contribution < -0.4 is 0 Å². The van der Waals surface area contributed by atoms with Gasteiger partial charge in [0.25, 0.3) is 5.91 Å². The van der Waals surface area contributed by atoms with Crippen molar-refractivity contribution < 1.29 is 9.90 Å². The van der Waals surface area contributed by atoms with E-state index in [0.29, 0.717) is 28.5 Å². The van der Waals surface area contributed by atoms with Gasteiger partial charge in [-0.05, 0) is 36.2 Å². The summed E-state index contributed by atoms with van der Waals surface area (Å²) in [5, 5.41) is 18.1. The molecule has 0 aliphatic carbocycles. The minimum Gasteiger partial charge on any atom is -0.507 e. The number of para-hydroxylation sites is 1. The predicted octanol–water partition coefficient (Wildman–Crippen LogP) is 4.39. The van der Waals surface area contributed by atoms with Crippen LogP contribution in [0.3, 0.4) is 0 Å². The number of H-pyrrole nitrogens is 1. The second kappa shape index (κ2) is 6.50. The van der Waals surface area contributed by atoms with Crippen molar-refractivity contribution in [2.75, 3.05) is 6.54 Å². The van der Waals surface area contributed by atoms with Crippen molar-refractivity contribution in [3.8, 4) is 17.0 Å². The summed E-state index contributed by atoms with van der Waals surface area (Å²) in [6.45, 7) is 2.66. The van der Waals surface area contributed by atoms with Gasteiger partial charge in [-0.2, -0.15) is 5.10 Å². The normalized spacial score (nSPS) is 16.2. The molecule has 1 amide bonds. The molecular formula is C20H18ClN3O2. The Morgan fingerprint density at radius 3 is 2.77 bits per heavy atom. The number of fused-ring (bicyclic) bond motifs is 1. The fourth-order valence-corrected chi connectivity index (χ4v) is 3.77. The maximum Gasteiger partial charge on any atom is 0.273 e. The molecule has 0 radical (unpaired) electrons. The zero-order valence-corrected chi connectivity index (χ0v) is 15.0. The van der Waals surface area contributed by atoms with Gasteiger partial charge in [0.1, 0.15) is 17.1 Å². The summed E-state index contributed by atoms with van der Waals surface area (Å²) in [7, 11) is 0. The van der Waals surface area contributed by atoms with Gasteiger partial charge in [0.05, 0.1) is 6.04 Å². The Hall–Kier alpha value is -2.79. The first-order valence-corrected chi connectivity index (χ1v) is 8.92. The van der Waals surface area contributed by atoms with Crippen LogP contribution in [0, 0.1) is 0 Å². The number of benzene rings is 2. The molecule has 5 nitrogen and oxygen atoms in total. The number of carbonyl (C=O) groups excluding carboxylic acids is 1. The SMILES string of the molecule is CCCN1C(=O)c2[nH]nc(-c3ccccc3O)c2[C@@H]1c1cccc(Cl)c1. The fourth-order valence-electron chi connectivity index (χ4n) is 3.57. The molecule has 0 bridgehead atoms. The number of rotatable bonds is 4. The summed E-state index contributed by atoms with van der Waals surface area (Å²) in [6.07, 6.45) is 0.840. The van der Waals surface area contributed by atoms with Gasteiger partial charge in [0, 0.05) is 22.7 Å². The van der Waals surface area contributed by atoms with Crippen molar-refractivity contribution in [1.29, 1.82) is 0 Å². The summed E-state index contributed by atoms with van der Waals surface area (Å²) in [6, 6.07) is 14.3. The van der Waals surface area contributed by atoms with E-state index < -0.39 is 0 Å². The minimum atomic E-state index is -0.287. The van der Waals surface area contributed by atoms with Crippen LogP contribution in [0.5, 0.6) is 5.75 Å². The van der Waals surface area contributed by atoms with Gasteiger partial charge in [-0.15, -0.1) is 0 Å². The monoisotopic (exact) mass is 367 g/mol. The summed E-state index contributed by atoms with van der Waals surface area (Å²) < 4.78 is 0. The zero-order valence-electron chi connectivity index (χ0n) is 14.2. The molecule has 1 aliphatic heterocycles. The van der Waals surface area contributed by atoms with E-state index in [1.165, 1.54) is 0 Å². The lowest BCUT2D eigenvalue weighted by Crippen LogP contribution is -2.30. The quantitative estimate of drug-likeness (QED) is 0.718. The van der Waals surface area contributed by atoms with Gasteiger partial charge >= 0.3 is 0 Å².